The first kappa shape index (κ1) is 20.9. The van der Waals surface area contributed by atoms with Crippen LogP contribution in [-0.4, -0.2) is 37.6 Å². The van der Waals surface area contributed by atoms with Crippen molar-refractivity contribution in [1.82, 2.24) is 10.6 Å². The number of carbonyl (C=O) groups excluding carboxylic acids is 2. The highest BCUT2D eigenvalue weighted by Gasteiger charge is 2.30. The van der Waals surface area contributed by atoms with Gasteiger partial charge in [-0.2, -0.15) is 0 Å². The first-order valence-electron chi connectivity index (χ1n) is 9.65. The van der Waals surface area contributed by atoms with E-state index in [0.29, 0.717) is 25.7 Å². The lowest BCUT2D eigenvalue weighted by atomic mass is 9.82. The quantitative estimate of drug-likeness (QED) is 0.601. The number of carbonyl (C=O) groups is 2. The van der Waals surface area contributed by atoms with E-state index in [4.69, 9.17) is 4.74 Å². The number of ether oxygens (including phenoxy) is 1. The van der Waals surface area contributed by atoms with Gasteiger partial charge in [0.15, 0.2) is 0 Å². The molecule has 0 bridgehead atoms. The van der Waals surface area contributed by atoms with Crippen LogP contribution in [0.5, 0.6) is 0 Å². The molecule has 1 aliphatic carbocycles. The second kappa shape index (κ2) is 11.5. The van der Waals surface area contributed by atoms with Gasteiger partial charge in [-0.25, -0.2) is 0 Å². The fraction of sp³-hybridized carbons (Fsp3) is 0.895. The SMILES string of the molecule is CCOCCCNC(=O)C(NC(=O)C1CCC(C)CC1)C(C)CC. The van der Waals surface area contributed by atoms with Crippen molar-refractivity contribution in [1.29, 1.82) is 0 Å². The van der Waals surface area contributed by atoms with Gasteiger partial charge in [-0.1, -0.05) is 27.2 Å². The molecule has 5 heteroatoms. The molecule has 2 amide bonds. The van der Waals surface area contributed by atoms with Crippen molar-refractivity contribution in [3.05, 3.63) is 0 Å². The molecule has 5 nitrogen and oxygen atoms in total. The minimum absolute atomic E-state index is 0.0525. The van der Waals surface area contributed by atoms with Crippen LogP contribution < -0.4 is 10.6 Å². The van der Waals surface area contributed by atoms with E-state index in [1.54, 1.807) is 0 Å². The molecule has 140 valence electrons. The molecule has 1 rings (SSSR count). The maximum atomic E-state index is 12.5. The van der Waals surface area contributed by atoms with E-state index in [0.717, 1.165) is 38.5 Å². The molecule has 0 radical (unpaired) electrons. The molecule has 0 aromatic rings. The smallest absolute Gasteiger partial charge is 0.242 e. The van der Waals surface area contributed by atoms with Crippen molar-refractivity contribution in [2.24, 2.45) is 17.8 Å². The Labute approximate surface area is 147 Å². The second-order valence-electron chi connectivity index (χ2n) is 7.17. The van der Waals surface area contributed by atoms with Gasteiger partial charge < -0.3 is 15.4 Å². The van der Waals surface area contributed by atoms with Crippen LogP contribution in [0.1, 0.15) is 66.2 Å². The molecule has 0 heterocycles. The number of rotatable bonds is 10. The van der Waals surface area contributed by atoms with Gasteiger partial charge in [0.2, 0.25) is 11.8 Å². The highest BCUT2D eigenvalue weighted by molar-refractivity contribution is 5.88. The molecule has 1 saturated carbocycles. The van der Waals surface area contributed by atoms with Crippen molar-refractivity contribution < 1.29 is 14.3 Å². The van der Waals surface area contributed by atoms with Gasteiger partial charge in [-0.05, 0) is 50.9 Å². The first-order chi connectivity index (χ1) is 11.5. The predicted molar refractivity (Wildman–Crippen MR) is 96.6 cm³/mol. The molecule has 0 aromatic heterocycles. The summed E-state index contributed by atoms with van der Waals surface area (Å²) in [6.07, 6.45) is 5.75. The molecular weight excluding hydrogens is 304 g/mol. The first-order valence-corrected chi connectivity index (χ1v) is 9.65. The monoisotopic (exact) mass is 340 g/mol. The predicted octanol–water partition coefficient (Wildman–Crippen LogP) is 2.89. The summed E-state index contributed by atoms with van der Waals surface area (Å²) < 4.78 is 5.28. The average Bonchev–Trinajstić information content (AvgIpc) is 2.59. The Kier molecular flexibility index (Phi) is 9.99. The Bertz CT molecular complexity index is 379. The van der Waals surface area contributed by atoms with Crippen LogP contribution in [0.4, 0.5) is 0 Å². The van der Waals surface area contributed by atoms with E-state index in [9.17, 15) is 9.59 Å². The molecule has 1 fully saturated rings. The third kappa shape index (κ3) is 7.20. The van der Waals surface area contributed by atoms with Crippen molar-refractivity contribution in [3.8, 4) is 0 Å². The Morgan fingerprint density at radius 1 is 1.17 bits per heavy atom. The number of hydrogen-bond donors (Lipinski definition) is 2. The van der Waals surface area contributed by atoms with Crippen molar-refractivity contribution in [2.75, 3.05) is 19.8 Å². The summed E-state index contributed by atoms with van der Waals surface area (Å²) in [4.78, 5) is 25.0. The van der Waals surface area contributed by atoms with Gasteiger partial charge in [0.05, 0.1) is 0 Å². The molecule has 0 aliphatic heterocycles. The molecule has 2 unspecified atom stereocenters. The molecule has 24 heavy (non-hydrogen) atoms. The van der Waals surface area contributed by atoms with Crippen molar-refractivity contribution in [2.45, 2.75) is 72.3 Å². The number of hydrogen-bond acceptors (Lipinski definition) is 3. The molecule has 0 saturated heterocycles. The van der Waals surface area contributed by atoms with Crippen LogP contribution in [-0.2, 0) is 14.3 Å². The molecule has 2 atom stereocenters. The number of amides is 2. The van der Waals surface area contributed by atoms with E-state index in [1.807, 2.05) is 13.8 Å². The largest absolute Gasteiger partial charge is 0.382 e. The average molecular weight is 341 g/mol. The zero-order valence-electron chi connectivity index (χ0n) is 15.9. The molecule has 0 spiro atoms. The van der Waals surface area contributed by atoms with E-state index in [1.165, 1.54) is 0 Å². The Hall–Kier alpha value is -1.10. The van der Waals surface area contributed by atoms with E-state index < -0.39 is 6.04 Å². The Morgan fingerprint density at radius 2 is 1.83 bits per heavy atom. The van der Waals surface area contributed by atoms with Gasteiger partial charge in [-0.15, -0.1) is 0 Å². The summed E-state index contributed by atoms with van der Waals surface area (Å²) in [6, 6.07) is -0.436. The highest BCUT2D eigenvalue weighted by Crippen LogP contribution is 2.28. The lowest BCUT2D eigenvalue weighted by molar-refractivity contribution is -0.133. The van der Waals surface area contributed by atoms with E-state index in [-0.39, 0.29) is 23.7 Å². The second-order valence-corrected chi connectivity index (χ2v) is 7.17. The van der Waals surface area contributed by atoms with Crippen LogP contribution in [0, 0.1) is 17.8 Å². The van der Waals surface area contributed by atoms with E-state index >= 15 is 0 Å². The molecule has 1 aliphatic rings. The van der Waals surface area contributed by atoms with Crippen LogP contribution in [0.2, 0.25) is 0 Å². The van der Waals surface area contributed by atoms with Gasteiger partial charge >= 0.3 is 0 Å². The van der Waals surface area contributed by atoms with Crippen LogP contribution in [0.3, 0.4) is 0 Å². The highest BCUT2D eigenvalue weighted by atomic mass is 16.5. The summed E-state index contributed by atoms with van der Waals surface area (Å²) in [7, 11) is 0. The van der Waals surface area contributed by atoms with Gasteiger partial charge in [-0.3, -0.25) is 9.59 Å². The number of nitrogens with one attached hydrogen (secondary N) is 2. The van der Waals surface area contributed by atoms with Crippen LogP contribution in [0.25, 0.3) is 0 Å². The summed E-state index contributed by atoms with van der Waals surface area (Å²) in [5, 5.41) is 5.96. The topological polar surface area (TPSA) is 67.4 Å². The fourth-order valence-corrected chi connectivity index (χ4v) is 3.14. The zero-order chi connectivity index (χ0) is 17.9. The van der Waals surface area contributed by atoms with Crippen molar-refractivity contribution in [3.63, 3.8) is 0 Å². The molecule has 2 N–H and O–H groups in total. The van der Waals surface area contributed by atoms with Gasteiger partial charge in [0.25, 0.3) is 0 Å². The van der Waals surface area contributed by atoms with Crippen LogP contribution >= 0.6 is 0 Å². The summed E-state index contributed by atoms with van der Waals surface area (Å²) in [5.74, 6) is 0.893. The maximum Gasteiger partial charge on any atom is 0.242 e. The minimum atomic E-state index is -0.436. The third-order valence-corrected chi connectivity index (χ3v) is 5.15. The minimum Gasteiger partial charge on any atom is -0.382 e. The lowest BCUT2D eigenvalue weighted by Gasteiger charge is -2.29. The lowest BCUT2D eigenvalue weighted by Crippen LogP contribution is -2.52. The standard InChI is InChI=1S/C19H36N2O3/c1-5-15(4)17(19(23)20-12-7-13-24-6-2)21-18(22)16-10-8-14(3)9-11-16/h14-17H,5-13H2,1-4H3,(H,20,23)(H,21,22). The maximum absolute atomic E-state index is 12.5. The fourth-order valence-electron chi connectivity index (χ4n) is 3.14. The van der Waals surface area contributed by atoms with Gasteiger partial charge in [0.1, 0.15) is 6.04 Å². The molecule has 0 aromatic carbocycles. The van der Waals surface area contributed by atoms with Crippen LogP contribution in [0.15, 0.2) is 0 Å². The normalized spacial score (nSPS) is 23.3. The Balaban J connectivity index is 2.48. The molecular formula is C19H36N2O3. The van der Waals surface area contributed by atoms with Crippen molar-refractivity contribution >= 4 is 11.8 Å². The Morgan fingerprint density at radius 3 is 2.42 bits per heavy atom. The summed E-state index contributed by atoms with van der Waals surface area (Å²) in [5.41, 5.74) is 0. The summed E-state index contributed by atoms with van der Waals surface area (Å²) in [6.45, 7) is 10.2. The van der Waals surface area contributed by atoms with E-state index in [2.05, 4.69) is 24.5 Å². The zero-order valence-corrected chi connectivity index (χ0v) is 15.9. The third-order valence-electron chi connectivity index (χ3n) is 5.15. The summed E-state index contributed by atoms with van der Waals surface area (Å²) >= 11 is 0. The van der Waals surface area contributed by atoms with Gasteiger partial charge in [0, 0.05) is 25.7 Å².